The van der Waals surface area contributed by atoms with E-state index in [4.69, 9.17) is 4.74 Å². The van der Waals surface area contributed by atoms with Gasteiger partial charge in [-0.25, -0.2) is 0 Å². The van der Waals surface area contributed by atoms with Crippen LogP contribution < -0.4 is 10.1 Å². The average Bonchev–Trinajstić information content (AvgIpc) is 2.69. The van der Waals surface area contributed by atoms with Gasteiger partial charge in [0.25, 0.3) is 0 Å². The zero-order valence-electron chi connectivity index (χ0n) is 16.3. The van der Waals surface area contributed by atoms with Crippen molar-refractivity contribution < 1.29 is 22.7 Å². The normalized spacial score (nSPS) is 15.9. The van der Waals surface area contributed by atoms with Gasteiger partial charge in [0.05, 0.1) is 19.1 Å². The molecule has 1 heterocycles. The number of nitrogens with zero attached hydrogens (tertiary/aromatic N) is 1. The highest BCUT2D eigenvalue weighted by Gasteiger charge is 2.30. The van der Waals surface area contributed by atoms with Crippen LogP contribution in [0.2, 0.25) is 0 Å². The lowest BCUT2D eigenvalue weighted by Gasteiger charge is -2.32. The van der Waals surface area contributed by atoms with E-state index < -0.39 is 11.7 Å². The Balaban J connectivity index is 1.45. The Morgan fingerprint density at radius 3 is 2.38 bits per heavy atom. The molecule has 0 bridgehead atoms. The van der Waals surface area contributed by atoms with Crippen LogP contribution in [-0.2, 0) is 23.9 Å². The molecule has 4 nitrogen and oxygen atoms in total. The van der Waals surface area contributed by atoms with E-state index in [-0.39, 0.29) is 18.4 Å². The number of methoxy groups -OCH3 is 1. The van der Waals surface area contributed by atoms with Crippen molar-refractivity contribution in [2.45, 2.75) is 38.0 Å². The summed E-state index contributed by atoms with van der Waals surface area (Å²) < 4.78 is 43.2. The molecule has 1 N–H and O–H groups in total. The Kier molecular flexibility index (Phi) is 6.79. The number of hydrogen-bond acceptors (Lipinski definition) is 3. The minimum atomic E-state index is -4.36. The lowest BCUT2D eigenvalue weighted by atomic mass is 10.0. The maximum atomic E-state index is 12.6. The number of alkyl halides is 3. The van der Waals surface area contributed by atoms with Gasteiger partial charge in [0.1, 0.15) is 5.75 Å². The Hall–Kier alpha value is -2.54. The predicted molar refractivity (Wildman–Crippen MR) is 105 cm³/mol. The molecule has 1 amide bonds. The fourth-order valence-electron chi connectivity index (χ4n) is 3.59. The number of piperidine rings is 1. The molecule has 2 aromatic rings. The number of hydrogen-bond donors (Lipinski definition) is 1. The molecule has 1 aliphatic heterocycles. The SMILES string of the molecule is COc1ccccc1CN1CCC(NC(=O)Cc2ccc(C(F)(F)F)cc2)CC1. The van der Waals surface area contributed by atoms with Gasteiger partial charge in [0.2, 0.25) is 5.91 Å². The van der Waals surface area contributed by atoms with Gasteiger partial charge in [-0.2, -0.15) is 13.2 Å². The summed E-state index contributed by atoms with van der Waals surface area (Å²) in [5, 5.41) is 3.01. The lowest BCUT2D eigenvalue weighted by molar-refractivity contribution is -0.137. The summed E-state index contributed by atoms with van der Waals surface area (Å²) in [6, 6.07) is 12.8. The van der Waals surface area contributed by atoms with Crippen molar-refractivity contribution >= 4 is 5.91 Å². The van der Waals surface area contributed by atoms with Gasteiger partial charge >= 0.3 is 6.18 Å². The van der Waals surface area contributed by atoms with E-state index >= 15 is 0 Å². The zero-order valence-corrected chi connectivity index (χ0v) is 16.3. The lowest BCUT2D eigenvalue weighted by Crippen LogP contribution is -2.44. The van der Waals surface area contributed by atoms with Gasteiger partial charge in [-0.3, -0.25) is 9.69 Å². The molecule has 0 spiro atoms. The molecule has 1 saturated heterocycles. The fourth-order valence-corrected chi connectivity index (χ4v) is 3.59. The van der Waals surface area contributed by atoms with Crippen LogP contribution in [0.1, 0.15) is 29.5 Å². The first kappa shape index (κ1) is 21.2. The van der Waals surface area contributed by atoms with E-state index in [1.165, 1.54) is 12.1 Å². The number of likely N-dealkylation sites (tertiary alicyclic amines) is 1. The van der Waals surface area contributed by atoms with Crippen molar-refractivity contribution in [1.82, 2.24) is 10.2 Å². The van der Waals surface area contributed by atoms with E-state index in [9.17, 15) is 18.0 Å². The van der Waals surface area contributed by atoms with Crippen LogP contribution in [0.4, 0.5) is 13.2 Å². The molecule has 7 heteroatoms. The van der Waals surface area contributed by atoms with Gasteiger partial charge < -0.3 is 10.1 Å². The van der Waals surface area contributed by atoms with Crippen molar-refractivity contribution in [3.63, 3.8) is 0 Å². The highest BCUT2D eigenvalue weighted by Crippen LogP contribution is 2.29. The zero-order chi connectivity index (χ0) is 20.9. The van der Waals surface area contributed by atoms with Gasteiger partial charge in [-0.1, -0.05) is 30.3 Å². The topological polar surface area (TPSA) is 41.6 Å². The number of nitrogens with one attached hydrogen (secondary N) is 1. The van der Waals surface area contributed by atoms with Crippen LogP contribution in [0.15, 0.2) is 48.5 Å². The third-order valence-electron chi connectivity index (χ3n) is 5.19. The number of rotatable bonds is 6. The molecular formula is C22H25F3N2O2. The molecule has 0 saturated carbocycles. The molecule has 1 fully saturated rings. The molecule has 156 valence electrons. The van der Waals surface area contributed by atoms with Crippen molar-refractivity contribution in [1.29, 1.82) is 0 Å². The maximum absolute atomic E-state index is 12.6. The standard InChI is InChI=1S/C22H25F3N2O2/c1-29-20-5-3-2-4-17(20)15-27-12-10-19(11-13-27)26-21(28)14-16-6-8-18(9-7-16)22(23,24)25/h2-9,19H,10-15H2,1H3,(H,26,28). The summed E-state index contributed by atoms with van der Waals surface area (Å²) in [7, 11) is 1.66. The number of benzene rings is 2. The Bertz CT molecular complexity index is 814. The fraction of sp³-hybridized carbons (Fsp3) is 0.409. The van der Waals surface area contributed by atoms with Crippen LogP contribution in [0.5, 0.6) is 5.75 Å². The molecule has 3 rings (SSSR count). The molecule has 1 aliphatic rings. The van der Waals surface area contributed by atoms with Crippen LogP contribution in [0.25, 0.3) is 0 Å². The molecule has 0 atom stereocenters. The van der Waals surface area contributed by atoms with E-state index in [1.807, 2.05) is 18.2 Å². The number of para-hydroxylation sites is 1. The third kappa shape index (κ3) is 5.97. The number of amides is 1. The number of carbonyl (C=O) groups excluding carboxylic acids is 1. The quantitative estimate of drug-likeness (QED) is 0.787. The Morgan fingerprint density at radius 2 is 1.76 bits per heavy atom. The van der Waals surface area contributed by atoms with E-state index in [0.717, 1.165) is 55.9 Å². The second kappa shape index (κ2) is 9.31. The summed E-state index contributed by atoms with van der Waals surface area (Å²) in [5.74, 6) is 0.715. The predicted octanol–water partition coefficient (Wildman–Crippen LogP) is 4.04. The third-order valence-corrected chi connectivity index (χ3v) is 5.19. The molecule has 0 radical (unpaired) electrons. The number of carbonyl (C=O) groups is 1. The Morgan fingerprint density at radius 1 is 1.10 bits per heavy atom. The first-order chi connectivity index (χ1) is 13.8. The van der Waals surface area contributed by atoms with Crippen molar-refractivity contribution in [2.75, 3.05) is 20.2 Å². The summed E-state index contributed by atoms with van der Waals surface area (Å²) >= 11 is 0. The van der Waals surface area contributed by atoms with E-state index in [0.29, 0.717) is 5.56 Å². The molecule has 29 heavy (non-hydrogen) atoms. The minimum absolute atomic E-state index is 0.0829. The highest BCUT2D eigenvalue weighted by atomic mass is 19.4. The minimum Gasteiger partial charge on any atom is -0.496 e. The number of halogens is 3. The highest BCUT2D eigenvalue weighted by molar-refractivity contribution is 5.78. The first-order valence-electron chi connectivity index (χ1n) is 9.65. The van der Waals surface area contributed by atoms with Crippen molar-refractivity contribution in [3.05, 3.63) is 65.2 Å². The maximum Gasteiger partial charge on any atom is 0.416 e. The smallest absolute Gasteiger partial charge is 0.416 e. The van der Waals surface area contributed by atoms with Gasteiger partial charge in [-0.15, -0.1) is 0 Å². The Labute approximate surface area is 168 Å². The molecule has 0 aromatic heterocycles. The van der Waals surface area contributed by atoms with Gasteiger partial charge in [0.15, 0.2) is 0 Å². The van der Waals surface area contributed by atoms with E-state index in [1.54, 1.807) is 7.11 Å². The summed E-state index contributed by atoms with van der Waals surface area (Å²) in [4.78, 5) is 14.6. The first-order valence-corrected chi connectivity index (χ1v) is 9.65. The van der Waals surface area contributed by atoms with Crippen LogP contribution in [0, 0.1) is 0 Å². The van der Waals surface area contributed by atoms with Crippen molar-refractivity contribution in [2.24, 2.45) is 0 Å². The monoisotopic (exact) mass is 406 g/mol. The molecule has 0 unspecified atom stereocenters. The van der Waals surface area contributed by atoms with Crippen LogP contribution in [0.3, 0.4) is 0 Å². The summed E-state index contributed by atoms with van der Waals surface area (Å²) in [6.07, 6.45) is -2.60. The summed E-state index contributed by atoms with van der Waals surface area (Å²) in [6.45, 7) is 2.53. The number of ether oxygens (including phenoxy) is 1. The average molecular weight is 406 g/mol. The molecule has 0 aliphatic carbocycles. The van der Waals surface area contributed by atoms with Crippen LogP contribution in [-0.4, -0.2) is 37.0 Å². The molecule has 2 aromatic carbocycles. The van der Waals surface area contributed by atoms with E-state index in [2.05, 4.69) is 16.3 Å². The van der Waals surface area contributed by atoms with Crippen LogP contribution >= 0.6 is 0 Å². The van der Waals surface area contributed by atoms with Gasteiger partial charge in [0, 0.05) is 31.2 Å². The second-order valence-corrected chi connectivity index (χ2v) is 7.30. The summed E-state index contributed by atoms with van der Waals surface area (Å²) in [5.41, 5.74) is 1.01. The van der Waals surface area contributed by atoms with Crippen molar-refractivity contribution in [3.8, 4) is 5.75 Å². The largest absolute Gasteiger partial charge is 0.496 e. The second-order valence-electron chi connectivity index (χ2n) is 7.30. The molecular weight excluding hydrogens is 381 g/mol. The van der Waals surface area contributed by atoms with Gasteiger partial charge in [-0.05, 0) is 36.6 Å².